The van der Waals surface area contributed by atoms with Gasteiger partial charge in [-0.2, -0.15) is 0 Å². The van der Waals surface area contributed by atoms with Crippen LogP contribution in [0.3, 0.4) is 0 Å². The maximum atomic E-state index is 13.1. The molecule has 1 aliphatic rings. The molecule has 1 N–H and O–H groups in total. The number of nitrogens with one attached hydrogen (secondary N) is 1. The minimum absolute atomic E-state index is 0.0566. The van der Waals surface area contributed by atoms with Gasteiger partial charge >= 0.3 is 5.97 Å². The first-order valence-corrected chi connectivity index (χ1v) is 9.21. The number of aryl methyl sites for hydroxylation is 1. The van der Waals surface area contributed by atoms with Gasteiger partial charge in [-0.15, -0.1) is 0 Å². The predicted octanol–water partition coefficient (Wildman–Crippen LogP) is 3.54. The Morgan fingerprint density at radius 3 is 2.74 bits per heavy atom. The molecule has 0 spiro atoms. The molecule has 27 heavy (non-hydrogen) atoms. The Hall–Kier alpha value is -2.82. The number of hydrogen-bond donors (Lipinski definition) is 1. The van der Waals surface area contributed by atoms with Crippen molar-refractivity contribution in [2.24, 2.45) is 0 Å². The van der Waals surface area contributed by atoms with E-state index in [1.807, 2.05) is 42.5 Å². The summed E-state index contributed by atoms with van der Waals surface area (Å²) in [5, 5.41) is 3.07. The smallest absolute Gasteiger partial charge is 0.307 e. The molecule has 3 rings (SSSR count). The molecule has 2 atom stereocenters. The Morgan fingerprint density at radius 1 is 1.15 bits per heavy atom. The number of esters is 1. The van der Waals surface area contributed by atoms with Crippen LogP contribution in [0.15, 0.2) is 48.5 Å². The molecule has 1 aliphatic carbocycles. The molecule has 0 fully saturated rings. The van der Waals surface area contributed by atoms with Crippen LogP contribution in [0.25, 0.3) is 0 Å². The van der Waals surface area contributed by atoms with Gasteiger partial charge in [-0.3, -0.25) is 9.59 Å². The monoisotopic (exact) mass is 367 g/mol. The van der Waals surface area contributed by atoms with Crippen molar-refractivity contribution in [1.82, 2.24) is 5.32 Å². The molecule has 0 bridgehead atoms. The third-order valence-corrected chi connectivity index (χ3v) is 5.10. The van der Waals surface area contributed by atoms with Crippen molar-refractivity contribution in [1.29, 1.82) is 0 Å². The maximum absolute atomic E-state index is 13.1. The van der Waals surface area contributed by atoms with Crippen LogP contribution >= 0.6 is 0 Å². The summed E-state index contributed by atoms with van der Waals surface area (Å²) < 4.78 is 10.1. The molecule has 0 saturated heterocycles. The molecule has 0 radical (unpaired) electrons. The van der Waals surface area contributed by atoms with Gasteiger partial charge < -0.3 is 14.8 Å². The van der Waals surface area contributed by atoms with Crippen molar-refractivity contribution >= 4 is 11.9 Å². The lowest BCUT2D eigenvalue weighted by Crippen LogP contribution is -2.35. The number of methoxy groups -OCH3 is 2. The summed E-state index contributed by atoms with van der Waals surface area (Å²) in [6.07, 6.45) is 2.87. The minimum atomic E-state index is -0.464. The lowest BCUT2D eigenvalue weighted by atomic mass is 9.82. The lowest BCUT2D eigenvalue weighted by molar-refractivity contribution is -0.141. The van der Waals surface area contributed by atoms with Gasteiger partial charge in [-0.25, -0.2) is 0 Å². The molecule has 2 unspecified atom stereocenters. The van der Waals surface area contributed by atoms with E-state index in [1.54, 1.807) is 7.11 Å². The molecule has 0 aliphatic heterocycles. The number of fused-ring (bicyclic) bond motifs is 1. The zero-order valence-electron chi connectivity index (χ0n) is 15.7. The summed E-state index contributed by atoms with van der Waals surface area (Å²) >= 11 is 0. The van der Waals surface area contributed by atoms with E-state index in [0.717, 1.165) is 30.4 Å². The third-order valence-electron chi connectivity index (χ3n) is 5.10. The van der Waals surface area contributed by atoms with E-state index in [4.69, 9.17) is 9.47 Å². The highest BCUT2D eigenvalue weighted by Crippen LogP contribution is 2.32. The third kappa shape index (κ3) is 4.48. The summed E-state index contributed by atoms with van der Waals surface area (Å²) in [5.41, 5.74) is 3.13. The number of ether oxygens (including phenoxy) is 2. The van der Waals surface area contributed by atoms with Crippen LogP contribution in [0, 0.1) is 0 Å². The number of hydrogen-bond acceptors (Lipinski definition) is 4. The molecule has 0 saturated carbocycles. The van der Waals surface area contributed by atoms with E-state index >= 15 is 0 Å². The first-order chi connectivity index (χ1) is 13.1. The second-order valence-electron chi connectivity index (χ2n) is 6.76. The number of carbonyl (C=O) groups is 2. The zero-order chi connectivity index (χ0) is 19.2. The van der Waals surface area contributed by atoms with Crippen LogP contribution in [0.5, 0.6) is 5.75 Å². The van der Waals surface area contributed by atoms with Crippen LogP contribution in [0.4, 0.5) is 0 Å². The number of amides is 1. The zero-order valence-corrected chi connectivity index (χ0v) is 15.7. The maximum Gasteiger partial charge on any atom is 0.307 e. The standard InChI is InChI=1S/C22H25NO4/c1-26-17-10-5-9-16(13-17)20(14-21(24)27-2)23-22(25)19-12-6-8-15-7-3-4-11-18(15)19/h3-5,7,9-11,13,19-20H,6,8,12,14H2,1-2H3,(H,23,25). The number of carbonyl (C=O) groups excluding carboxylic acids is 2. The highest BCUT2D eigenvalue weighted by atomic mass is 16.5. The predicted molar refractivity (Wildman–Crippen MR) is 103 cm³/mol. The molecule has 2 aromatic rings. The van der Waals surface area contributed by atoms with Crippen LogP contribution in [0.1, 0.15) is 47.9 Å². The Labute approximate surface area is 159 Å². The van der Waals surface area contributed by atoms with Gasteiger partial charge in [0.05, 0.1) is 32.6 Å². The molecule has 5 heteroatoms. The van der Waals surface area contributed by atoms with Gasteiger partial charge in [-0.05, 0) is 48.1 Å². The Morgan fingerprint density at radius 2 is 1.96 bits per heavy atom. The van der Waals surface area contributed by atoms with E-state index in [0.29, 0.717) is 5.75 Å². The molecule has 0 aromatic heterocycles. The van der Waals surface area contributed by atoms with Crippen LogP contribution in [-0.4, -0.2) is 26.1 Å². The molecule has 2 aromatic carbocycles. The quantitative estimate of drug-likeness (QED) is 0.793. The fourth-order valence-corrected chi connectivity index (χ4v) is 3.66. The highest BCUT2D eigenvalue weighted by Gasteiger charge is 2.29. The topological polar surface area (TPSA) is 64.6 Å². The van der Waals surface area contributed by atoms with Crippen molar-refractivity contribution in [3.8, 4) is 5.75 Å². The average Bonchev–Trinajstić information content (AvgIpc) is 2.72. The minimum Gasteiger partial charge on any atom is -0.497 e. The second kappa shape index (κ2) is 8.71. The van der Waals surface area contributed by atoms with Gasteiger partial charge in [0.2, 0.25) is 5.91 Å². The van der Waals surface area contributed by atoms with Crippen LogP contribution in [0.2, 0.25) is 0 Å². The average molecular weight is 367 g/mol. The van der Waals surface area contributed by atoms with Crippen molar-refractivity contribution in [2.45, 2.75) is 37.6 Å². The van der Waals surface area contributed by atoms with Gasteiger partial charge in [0.15, 0.2) is 0 Å². The van der Waals surface area contributed by atoms with Crippen molar-refractivity contribution in [3.05, 3.63) is 65.2 Å². The summed E-state index contributed by atoms with van der Waals surface area (Å²) in [6.45, 7) is 0. The lowest BCUT2D eigenvalue weighted by Gasteiger charge is -2.27. The summed E-state index contributed by atoms with van der Waals surface area (Å²) in [4.78, 5) is 25.0. The highest BCUT2D eigenvalue weighted by molar-refractivity contribution is 5.85. The summed E-state index contributed by atoms with van der Waals surface area (Å²) in [6, 6.07) is 15.0. The van der Waals surface area contributed by atoms with E-state index in [2.05, 4.69) is 11.4 Å². The summed E-state index contributed by atoms with van der Waals surface area (Å²) in [5.74, 6) is 0.0615. The normalized spacial score (nSPS) is 16.7. The molecular formula is C22H25NO4. The van der Waals surface area contributed by atoms with Gasteiger partial charge in [0, 0.05) is 0 Å². The van der Waals surface area contributed by atoms with Crippen LogP contribution in [-0.2, 0) is 20.7 Å². The number of benzene rings is 2. The molecule has 1 amide bonds. The molecule has 5 nitrogen and oxygen atoms in total. The largest absolute Gasteiger partial charge is 0.497 e. The van der Waals surface area contributed by atoms with Gasteiger partial charge in [-0.1, -0.05) is 36.4 Å². The van der Waals surface area contributed by atoms with E-state index in [1.165, 1.54) is 12.7 Å². The number of rotatable bonds is 6. The molecular weight excluding hydrogens is 342 g/mol. The summed E-state index contributed by atoms with van der Waals surface area (Å²) in [7, 11) is 2.94. The first kappa shape index (κ1) is 19.0. The van der Waals surface area contributed by atoms with Gasteiger partial charge in [0.25, 0.3) is 0 Å². The fourth-order valence-electron chi connectivity index (χ4n) is 3.66. The molecule has 0 heterocycles. The van der Waals surface area contributed by atoms with Crippen molar-refractivity contribution in [3.63, 3.8) is 0 Å². The van der Waals surface area contributed by atoms with Crippen molar-refractivity contribution in [2.75, 3.05) is 14.2 Å². The van der Waals surface area contributed by atoms with Gasteiger partial charge in [0.1, 0.15) is 5.75 Å². The van der Waals surface area contributed by atoms with E-state index < -0.39 is 6.04 Å². The molecule has 142 valence electrons. The Bertz CT molecular complexity index is 817. The van der Waals surface area contributed by atoms with E-state index in [9.17, 15) is 9.59 Å². The SMILES string of the molecule is COC(=O)CC(NC(=O)C1CCCc2ccccc21)c1cccc(OC)c1. The fraction of sp³-hybridized carbons (Fsp3) is 0.364. The Kier molecular flexibility index (Phi) is 6.12. The second-order valence-corrected chi connectivity index (χ2v) is 6.76. The Balaban J connectivity index is 1.83. The first-order valence-electron chi connectivity index (χ1n) is 9.21. The van der Waals surface area contributed by atoms with Crippen molar-refractivity contribution < 1.29 is 19.1 Å². The van der Waals surface area contributed by atoms with E-state index in [-0.39, 0.29) is 24.2 Å². The van der Waals surface area contributed by atoms with Crippen LogP contribution < -0.4 is 10.1 Å².